The number of allylic oxidation sites excluding steroid dienone is 1. The Hall–Kier alpha value is -2.03. The summed E-state index contributed by atoms with van der Waals surface area (Å²) < 4.78 is 28.6. The van der Waals surface area contributed by atoms with Crippen molar-refractivity contribution in [3.8, 4) is 0 Å². The van der Waals surface area contributed by atoms with Crippen molar-refractivity contribution in [2.45, 2.75) is 29.2 Å². The second-order valence-corrected chi connectivity index (χ2v) is 9.52. The Bertz CT molecular complexity index is 1010. The number of sulfone groups is 1. The lowest BCUT2D eigenvalue weighted by molar-refractivity contribution is 0.252. The van der Waals surface area contributed by atoms with Crippen molar-refractivity contribution in [1.82, 2.24) is 14.7 Å². The third-order valence-electron chi connectivity index (χ3n) is 4.42. The molecule has 0 saturated carbocycles. The molecule has 9 heteroatoms. The molecule has 7 nitrogen and oxygen atoms in total. The standard InChI is InChI=1S/C18H24ClN5O2S/c1-12-10-18(2,11-23(4)5)24-17(21-12)15(16(20-3)22-24)27(25,26)14-8-6-7-13(19)9-14/h6-10,21H,11H2,1-5H3,(H,20,22). The number of fused-ring (bicyclic) bond motifs is 1. The van der Waals surface area contributed by atoms with Gasteiger partial charge < -0.3 is 15.5 Å². The van der Waals surface area contributed by atoms with Crippen LogP contribution in [0.1, 0.15) is 13.8 Å². The van der Waals surface area contributed by atoms with Crippen molar-refractivity contribution in [2.75, 3.05) is 38.3 Å². The molecule has 2 N–H and O–H groups in total. The van der Waals surface area contributed by atoms with Crippen molar-refractivity contribution in [3.63, 3.8) is 0 Å². The highest BCUT2D eigenvalue weighted by molar-refractivity contribution is 7.91. The molecular weight excluding hydrogens is 386 g/mol. The molecule has 1 aliphatic heterocycles. The summed E-state index contributed by atoms with van der Waals surface area (Å²) in [6.45, 7) is 4.61. The van der Waals surface area contributed by atoms with Crippen LogP contribution in [0, 0.1) is 0 Å². The molecule has 0 bridgehead atoms. The van der Waals surface area contributed by atoms with Gasteiger partial charge in [-0.2, -0.15) is 5.10 Å². The second kappa shape index (κ2) is 6.85. The molecule has 0 radical (unpaired) electrons. The van der Waals surface area contributed by atoms with E-state index in [-0.39, 0.29) is 9.79 Å². The molecule has 27 heavy (non-hydrogen) atoms. The zero-order valence-corrected chi connectivity index (χ0v) is 17.6. The molecule has 0 spiro atoms. The molecule has 146 valence electrons. The molecular formula is C18H24ClN5O2S. The quantitative estimate of drug-likeness (QED) is 0.790. The molecule has 0 aliphatic carbocycles. The summed E-state index contributed by atoms with van der Waals surface area (Å²) in [7, 11) is 1.77. The topological polar surface area (TPSA) is 79.3 Å². The highest BCUT2D eigenvalue weighted by Gasteiger charge is 2.39. The minimum absolute atomic E-state index is 0.115. The van der Waals surface area contributed by atoms with Crippen LogP contribution in [0.15, 0.2) is 45.8 Å². The summed E-state index contributed by atoms with van der Waals surface area (Å²) in [5, 5.41) is 11.1. The monoisotopic (exact) mass is 409 g/mol. The number of halogens is 1. The van der Waals surface area contributed by atoms with Gasteiger partial charge >= 0.3 is 0 Å². The van der Waals surface area contributed by atoms with Crippen molar-refractivity contribution in [2.24, 2.45) is 0 Å². The number of rotatable bonds is 5. The zero-order chi connectivity index (χ0) is 20.0. The highest BCUT2D eigenvalue weighted by atomic mass is 35.5. The minimum atomic E-state index is -3.84. The Balaban J connectivity index is 2.26. The largest absolute Gasteiger partial charge is 0.371 e. The van der Waals surface area contributed by atoms with Crippen LogP contribution in [0.4, 0.5) is 11.6 Å². The number of nitrogens with zero attached hydrogens (tertiary/aromatic N) is 3. The van der Waals surface area contributed by atoms with Crippen LogP contribution in [0.3, 0.4) is 0 Å². The normalized spacial score (nSPS) is 19.4. The van der Waals surface area contributed by atoms with E-state index in [2.05, 4.69) is 21.8 Å². The van der Waals surface area contributed by atoms with E-state index < -0.39 is 15.4 Å². The molecule has 2 heterocycles. The summed E-state index contributed by atoms with van der Waals surface area (Å²) in [6, 6.07) is 6.26. The Kier molecular flexibility index (Phi) is 5.00. The van der Waals surface area contributed by atoms with Crippen LogP contribution < -0.4 is 10.6 Å². The third kappa shape index (κ3) is 3.44. The number of aromatic nitrogens is 2. The third-order valence-corrected chi connectivity index (χ3v) is 6.45. The molecule has 1 atom stereocenters. The molecule has 0 amide bonds. The van der Waals surface area contributed by atoms with E-state index in [1.165, 1.54) is 12.1 Å². The first-order chi connectivity index (χ1) is 12.6. The van der Waals surface area contributed by atoms with Gasteiger partial charge in [-0.15, -0.1) is 0 Å². The fourth-order valence-electron chi connectivity index (χ4n) is 3.56. The van der Waals surface area contributed by atoms with E-state index in [0.717, 1.165) is 5.70 Å². The van der Waals surface area contributed by atoms with E-state index in [1.54, 1.807) is 23.9 Å². The van der Waals surface area contributed by atoms with Crippen molar-refractivity contribution in [1.29, 1.82) is 0 Å². The molecule has 0 fully saturated rings. The van der Waals surface area contributed by atoms with Crippen LogP contribution in [0.25, 0.3) is 0 Å². The van der Waals surface area contributed by atoms with E-state index in [9.17, 15) is 8.42 Å². The molecule has 3 rings (SSSR count). The fourth-order valence-corrected chi connectivity index (χ4v) is 5.38. The Morgan fingerprint density at radius 1 is 1.37 bits per heavy atom. The average molecular weight is 410 g/mol. The summed E-state index contributed by atoms with van der Waals surface area (Å²) >= 11 is 6.02. The van der Waals surface area contributed by atoms with Crippen LogP contribution >= 0.6 is 11.6 Å². The SMILES string of the molecule is CNc1nn2c(c1S(=O)(=O)c1cccc(Cl)c1)NC(C)=CC2(C)CN(C)C. The van der Waals surface area contributed by atoms with E-state index in [0.29, 0.717) is 23.2 Å². The second-order valence-electron chi connectivity index (χ2n) is 7.20. The molecule has 2 aromatic rings. The highest BCUT2D eigenvalue weighted by Crippen LogP contribution is 2.41. The van der Waals surface area contributed by atoms with Crippen molar-refractivity contribution < 1.29 is 8.42 Å². The summed E-state index contributed by atoms with van der Waals surface area (Å²) in [4.78, 5) is 2.29. The van der Waals surface area contributed by atoms with Gasteiger partial charge in [0, 0.05) is 24.3 Å². The number of hydrogen-bond acceptors (Lipinski definition) is 6. The van der Waals surface area contributed by atoms with Crippen LogP contribution in [0.5, 0.6) is 0 Å². The first-order valence-corrected chi connectivity index (χ1v) is 10.4. The molecule has 1 aromatic heterocycles. The van der Waals surface area contributed by atoms with Gasteiger partial charge in [-0.05, 0) is 52.2 Å². The molecule has 0 saturated heterocycles. The maximum Gasteiger partial charge on any atom is 0.214 e. The lowest BCUT2D eigenvalue weighted by Crippen LogP contribution is -2.42. The first-order valence-electron chi connectivity index (χ1n) is 8.51. The fraction of sp³-hybridized carbons (Fsp3) is 0.389. The number of hydrogen-bond donors (Lipinski definition) is 2. The van der Waals surface area contributed by atoms with E-state index in [1.807, 2.05) is 32.8 Å². The predicted molar refractivity (Wildman–Crippen MR) is 108 cm³/mol. The van der Waals surface area contributed by atoms with Gasteiger partial charge in [-0.1, -0.05) is 17.7 Å². The average Bonchev–Trinajstić information content (AvgIpc) is 2.93. The van der Waals surface area contributed by atoms with Gasteiger partial charge in [0.15, 0.2) is 16.5 Å². The Morgan fingerprint density at radius 3 is 2.67 bits per heavy atom. The minimum Gasteiger partial charge on any atom is -0.371 e. The Labute approximate surface area is 164 Å². The zero-order valence-electron chi connectivity index (χ0n) is 16.0. The van der Waals surface area contributed by atoms with Gasteiger partial charge in [0.25, 0.3) is 0 Å². The summed E-state index contributed by atoms with van der Waals surface area (Å²) in [5.74, 6) is 0.745. The van der Waals surface area contributed by atoms with Crippen molar-refractivity contribution >= 4 is 33.1 Å². The van der Waals surface area contributed by atoms with Crippen LogP contribution in [0.2, 0.25) is 5.02 Å². The first kappa shape index (κ1) is 19.7. The van der Waals surface area contributed by atoms with E-state index >= 15 is 0 Å². The van der Waals surface area contributed by atoms with E-state index in [4.69, 9.17) is 11.6 Å². The number of benzene rings is 1. The van der Waals surface area contributed by atoms with Gasteiger partial charge in [-0.3, -0.25) is 0 Å². The number of likely N-dealkylation sites (N-methyl/N-ethyl adjacent to an activating group) is 1. The lowest BCUT2D eigenvalue weighted by Gasteiger charge is -2.35. The summed E-state index contributed by atoms with van der Waals surface area (Å²) in [5.41, 5.74) is 0.374. The number of anilines is 2. The lowest BCUT2D eigenvalue weighted by atomic mass is 9.99. The molecule has 1 aromatic carbocycles. The maximum atomic E-state index is 13.4. The van der Waals surface area contributed by atoms with Gasteiger partial charge in [-0.25, -0.2) is 13.1 Å². The van der Waals surface area contributed by atoms with Crippen LogP contribution in [-0.4, -0.2) is 50.8 Å². The number of nitrogens with one attached hydrogen (secondary N) is 2. The predicted octanol–water partition coefficient (Wildman–Crippen LogP) is 3.02. The van der Waals surface area contributed by atoms with Gasteiger partial charge in [0.1, 0.15) is 0 Å². The molecule has 1 aliphatic rings. The van der Waals surface area contributed by atoms with Gasteiger partial charge in [0.2, 0.25) is 9.84 Å². The van der Waals surface area contributed by atoms with Crippen molar-refractivity contribution in [3.05, 3.63) is 41.1 Å². The smallest absolute Gasteiger partial charge is 0.214 e. The summed E-state index contributed by atoms with van der Waals surface area (Å²) in [6.07, 6.45) is 2.06. The maximum absolute atomic E-state index is 13.4. The Morgan fingerprint density at radius 2 is 2.07 bits per heavy atom. The molecule has 1 unspecified atom stereocenters. The van der Waals surface area contributed by atoms with Crippen LogP contribution in [-0.2, 0) is 15.4 Å². The van der Waals surface area contributed by atoms with Gasteiger partial charge in [0.05, 0.1) is 10.4 Å².